The number of carbonyl (C=O) groups excluding carboxylic acids is 1. The number of amides is 1. The van der Waals surface area contributed by atoms with Gasteiger partial charge >= 0.3 is 5.69 Å². The highest BCUT2D eigenvalue weighted by atomic mass is 16.7. The summed E-state index contributed by atoms with van der Waals surface area (Å²) in [6, 6.07) is 4.33. The Bertz CT molecular complexity index is 610. The Morgan fingerprint density at radius 3 is 2.62 bits per heavy atom. The lowest BCUT2D eigenvalue weighted by molar-refractivity contribution is -0.386. The first-order chi connectivity index (χ1) is 11.3. The number of nitrogens with zero attached hydrogens (tertiary/aromatic N) is 1. The number of hydrogen-bond donors (Lipinski definition) is 4. The molecular weight excluding hydrogens is 324 g/mol. The van der Waals surface area contributed by atoms with Crippen LogP contribution in [0.5, 0.6) is 5.75 Å². The van der Waals surface area contributed by atoms with E-state index in [9.17, 15) is 30.2 Å². The lowest BCUT2D eigenvalue weighted by Crippen LogP contribution is -2.65. The van der Waals surface area contributed by atoms with Crippen LogP contribution >= 0.6 is 0 Å². The summed E-state index contributed by atoms with van der Waals surface area (Å²) in [5, 5.41) is 42.7. The van der Waals surface area contributed by atoms with Crippen LogP contribution in [0.1, 0.15) is 6.92 Å². The predicted molar refractivity (Wildman–Crippen MR) is 79.1 cm³/mol. The molecule has 10 nitrogen and oxygen atoms in total. The van der Waals surface area contributed by atoms with E-state index in [4.69, 9.17) is 9.47 Å². The molecule has 5 atom stereocenters. The number of benzene rings is 1. The van der Waals surface area contributed by atoms with Gasteiger partial charge in [-0.05, 0) is 6.07 Å². The molecule has 2 rings (SSSR count). The Labute approximate surface area is 136 Å². The molecule has 1 saturated heterocycles. The number of nitro benzene ring substituents is 1. The van der Waals surface area contributed by atoms with E-state index < -0.39 is 48.1 Å². The van der Waals surface area contributed by atoms with Crippen LogP contribution < -0.4 is 10.1 Å². The molecule has 1 heterocycles. The fraction of sp³-hybridized carbons (Fsp3) is 0.500. The van der Waals surface area contributed by atoms with E-state index in [1.165, 1.54) is 31.2 Å². The Balaban J connectivity index is 2.30. The van der Waals surface area contributed by atoms with Crippen LogP contribution in [0.25, 0.3) is 0 Å². The molecule has 1 amide bonds. The number of aliphatic hydroxyl groups is 3. The monoisotopic (exact) mass is 342 g/mol. The van der Waals surface area contributed by atoms with Crippen molar-refractivity contribution in [1.82, 2.24) is 5.32 Å². The summed E-state index contributed by atoms with van der Waals surface area (Å²) in [6.07, 6.45) is -5.46. The van der Waals surface area contributed by atoms with Crippen LogP contribution in [0.4, 0.5) is 5.69 Å². The Morgan fingerprint density at radius 2 is 2.04 bits per heavy atom. The molecule has 1 fully saturated rings. The molecule has 0 unspecified atom stereocenters. The molecule has 132 valence electrons. The molecule has 0 spiro atoms. The van der Waals surface area contributed by atoms with Gasteiger partial charge in [-0.25, -0.2) is 0 Å². The van der Waals surface area contributed by atoms with Gasteiger partial charge in [-0.15, -0.1) is 0 Å². The van der Waals surface area contributed by atoms with Gasteiger partial charge < -0.3 is 30.1 Å². The lowest BCUT2D eigenvalue weighted by atomic mass is 9.97. The van der Waals surface area contributed by atoms with Crippen LogP contribution in [-0.4, -0.2) is 63.4 Å². The molecule has 10 heteroatoms. The SMILES string of the molecule is CC(=O)N[C@@H]1[C@@H](Oc2ccccc2[N+](=O)[O-])O[C@@H](CO)[C@H](O)[C@H]1O. The molecule has 24 heavy (non-hydrogen) atoms. The Kier molecular flexibility index (Phi) is 5.67. The van der Waals surface area contributed by atoms with Crippen LogP contribution in [0, 0.1) is 10.1 Å². The summed E-state index contributed by atoms with van der Waals surface area (Å²) in [5.41, 5.74) is -0.330. The molecule has 4 N–H and O–H groups in total. The van der Waals surface area contributed by atoms with Crippen molar-refractivity contribution in [2.75, 3.05) is 6.61 Å². The van der Waals surface area contributed by atoms with Gasteiger partial charge in [0.25, 0.3) is 0 Å². The van der Waals surface area contributed by atoms with Gasteiger partial charge in [0.05, 0.1) is 11.5 Å². The maximum absolute atomic E-state index is 11.3. The van der Waals surface area contributed by atoms with Crippen LogP contribution in [0.3, 0.4) is 0 Å². The van der Waals surface area contributed by atoms with Gasteiger partial charge in [0.2, 0.25) is 12.2 Å². The molecule has 1 aromatic carbocycles. The van der Waals surface area contributed by atoms with E-state index in [0.717, 1.165) is 0 Å². The topological polar surface area (TPSA) is 151 Å². The summed E-state index contributed by atoms with van der Waals surface area (Å²) < 4.78 is 10.8. The number of para-hydroxylation sites is 2. The van der Waals surface area contributed by atoms with Crippen molar-refractivity contribution in [1.29, 1.82) is 0 Å². The first-order valence-electron chi connectivity index (χ1n) is 7.14. The number of hydrogen-bond acceptors (Lipinski definition) is 8. The number of rotatable bonds is 5. The molecule has 0 aliphatic carbocycles. The summed E-state index contributed by atoms with van der Waals surface area (Å²) >= 11 is 0. The summed E-state index contributed by atoms with van der Waals surface area (Å²) in [4.78, 5) is 21.7. The molecule has 0 saturated carbocycles. The van der Waals surface area contributed by atoms with E-state index in [2.05, 4.69) is 5.32 Å². The number of nitro groups is 1. The van der Waals surface area contributed by atoms with Crippen molar-refractivity contribution >= 4 is 11.6 Å². The van der Waals surface area contributed by atoms with Gasteiger partial charge in [0.1, 0.15) is 24.4 Å². The third-order valence-corrected chi connectivity index (χ3v) is 3.56. The Morgan fingerprint density at radius 1 is 1.38 bits per heavy atom. The standard InChI is InChI=1S/C14H18N2O8/c1-7(18)15-11-13(20)12(19)10(6-17)24-14(11)23-9-5-3-2-4-8(9)16(21)22/h2-5,10-14,17,19-20H,6H2,1H3,(H,15,18)/t10-,11-,12-,13-,14-/m0/s1. The molecular formula is C14H18N2O8. The second-order valence-electron chi connectivity index (χ2n) is 5.28. The fourth-order valence-corrected chi connectivity index (χ4v) is 2.40. The normalized spacial score (nSPS) is 29.8. The summed E-state index contributed by atoms with van der Waals surface area (Å²) in [7, 11) is 0. The zero-order valence-corrected chi connectivity index (χ0v) is 12.7. The second kappa shape index (κ2) is 7.53. The molecule has 1 aliphatic rings. The van der Waals surface area contributed by atoms with E-state index in [-0.39, 0.29) is 11.4 Å². The Hall–Kier alpha value is -2.27. The first kappa shape index (κ1) is 18.1. The van der Waals surface area contributed by atoms with Gasteiger partial charge in [-0.2, -0.15) is 0 Å². The number of nitrogens with one attached hydrogen (secondary N) is 1. The first-order valence-corrected chi connectivity index (χ1v) is 7.14. The van der Waals surface area contributed by atoms with Crippen LogP contribution in [0.2, 0.25) is 0 Å². The van der Waals surface area contributed by atoms with Crippen molar-refractivity contribution in [2.45, 2.75) is 37.6 Å². The van der Waals surface area contributed by atoms with E-state index in [1.807, 2.05) is 0 Å². The zero-order chi connectivity index (χ0) is 17.9. The number of carbonyl (C=O) groups is 1. The van der Waals surface area contributed by atoms with Crippen molar-refractivity contribution in [3.05, 3.63) is 34.4 Å². The molecule has 1 aromatic rings. The average Bonchev–Trinajstić information content (AvgIpc) is 2.54. The molecule has 0 radical (unpaired) electrons. The average molecular weight is 342 g/mol. The highest BCUT2D eigenvalue weighted by Gasteiger charge is 2.46. The van der Waals surface area contributed by atoms with Crippen LogP contribution in [-0.2, 0) is 9.53 Å². The van der Waals surface area contributed by atoms with Gasteiger partial charge in [-0.1, -0.05) is 12.1 Å². The summed E-state index contributed by atoms with van der Waals surface area (Å²) in [5.74, 6) is -0.656. The van der Waals surface area contributed by atoms with E-state index >= 15 is 0 Å². The highest BCUT2D eigenvalue weighted by Crippen LogP contribution is 2.30. The quantitative estimate of drug-likeness (QED) is 0.389. The molecule has 1 aliphatic heterocycles. The molecule has 0 bridgehead atoms. The van der Waals surface area contributed by atoms with E-state index in [0.29, 0.717) is 0 Å². The van der Waals surface area contributed by atoms with Crippen LogP contribution in [0.15, 0.2) is 24.3 Å². The van der Waals surface area contributed by atoms with Crippen molar-refractivity contribution < 1.29 is 34.5 Å². The van der Waals surface area contributed by atoms with Gasteiger partial charge in [0.15, 0.2) is 5.75 Å². The largest absolute Gasteiger partial charge is 0.455 e. The second-order valence-corrected chi connectivity index (χ2v) is 5.28. The maximum atomic E-state index is 11.3. The fourth-order valence-electron chi connectivity index (χ4n) is 2.40. The number of aliphatic hydroxyl groups excluding tert-OH is 3. The van der Waals surface area contributed by atoms with E-state index in [1.54, 1.807) is 0 Å². The third-order valence-electron chi connectivity index (χ3n) is 3.56. The maximum Gasteiger partial charge on any atom is 0.311 e. The minimum absolute atomic E-state index is 0.136. The summed E-state index contributed by atoms with van der Waals surface area (Å²) in [6.45, 7) is 0.584. The van der Waals surface area contributed by atoms with Gasteiger partial charge in [0, 0.05) is 13.0 Å². The minimum Gasteiger partial charge on any atom is -0.455 e. The predicted octanol–water partition coefficient (Wildman–Crippen LogP) is -1.08. The lowest BCUT2D eigenvalue weighted by Gasteiger charge is -2.41. The van der Waals surface area contributed by atoms with Crippen molar-refractivity contribution in [2.24, 2.45) is 0 Å². The smallest absolute Gasteiger partial charge is 0.311 e. The highest BCUT2D eigenvalue weighted by molar-refractivity contribution is 5.73. The molecule has 0 aromatic heterocycles. The van der Waals surface area contributed by atoms with Crippen molar-refractivity contribution in [3.63, 3.8) is 0 Å². The van der Waals surface area contributed by atoms with Crippen molar-refractivity contribution in [3.8, 4) is 5.75 Å². The minimum atomic E-state index is -1.49. The third kappa shape index (κ3) is 3.79. The zero-order valence-electron chi connectivity index (χ0n) is 12.7. The van der Waals surface area contributed by atoms with Gasteiger partial charge in [-0.3, -0.25) is 14.9 Å². The number of ether oxygens (including phenoxy) is 2.